The van der Waals surface area contributed by atoms with Gasteiger partial charge in [-0.05, 0) is 29.8 Å². The molecule has 0 atom stereocenters. The SMILES string of the molecule is O=C(c1ccccc1Cl)c1c(O)c2ccccc2n(Cc2ccccc2)c1=O. The van der Waals surface area contributed by atoms with Crippen molar-refractivity contribution in [1.29, 1.82) is 0 Å². The molecule has 0 fully saturated rings. The Bertz CT molecular complexity index is 1250. The van der Waals surface area contributed by atoms with Crippen LogP contribution < -0.4 is 5.56 Å². The Morgan fingerprint density at radius 3 is 2.29 bits per heavy atom. The largest absolute Gasteiger partial charge is 0.506 e. The third-order valence-electron chi connectivity index (χ3n) is 4.67. The lowest BCUT2D eigenvalue weighted by Crippen LogP contribution is -2.28. The number of nitrogens with zero attached hydrogens (tertiary/aromatic N) is 1. The molecule has 0 spiro atoms. The molecule has 0 saturated carbocycles. The molecule has 1 N–H and O–H groups in total. The number of carbonyl (C=O) groups excluding carboxylic acids is 1. The predicted molar refractivity (Wildman–Crippen MR) is 110 cm³/mol. The molecule has 1 heterocycles. The second kappa shape index (κ2) is 7.33. The van der Waals surface area contributed by atoms with Crippen LogP contribution in [0, 0.1) is 0 Å². The van der Waals surface area contributed by atoms with E-state index >= 15 is 0 Å². The van der Waals surface area contributed by atoms with Crippen molar-refractivity contribution in [2.24, 2.45) is 0 Å². The molecule has 1 aromatic heterocycles. The normalized spacial score (nSPS) is 10.9. The smallest absolute Gasteiger partial charge is 0.266 e. The van der Waals surface area contributed by atoms with E-state index in [2.05, 4.69) is 0 Å². The van der Waals surface area contributed by atoms with Gasteiger partial charge in [-0.1, -0.05) is 66.2 Å². The van der Waals surface area contributed by atoms with Gasteiger partial charge in [0.15, 0.2) is 0 Å². The van der Waals surface area contributed by atoms with Gasteiger partial charge < -0.3 is 9.67 Å². The van der Waals surface area contributed by atoms with E-state index in [4.69, 9.17) is 11.6 Å². The number of rotatable bonds is 4. The van der Waals surface area contributed by atoms with Crippen LogP contribution in [0.15, 0.2) is 83.7 Å². The lowest BCUT2D eigenvalue weighted by atomic mass is 10.0. The Morgan fingerprint density at radius 1 is 0.893 bits per heavy atom. The Kier molecular flexibility index (Phi) is 4.72. The number of fused-ring (bicyclic) bond motifs is 1. The van der Waals surface area contributed by atoms with Gasteiger partial charge in [0.05, 0.1) is 17.1 Å². The molecule has 0 aliphatic heterocycles. The molecule has 4 aromatic rings. The fourth-order valence-corrected chi connectivity index (χ4v) is 3.52. The zero-order valence-electron chi connectivity index (χ0n) is 14.8. The van der Waals surface area contributed by atoms with Crippen LogP contribution in [0.25, 0.3) is 10.9 Å². The first kappa shape index (κ1) is 18.0. The molecular formula is C23H16ClNO3. The molecule has 0 unspecified atom stereocenters. The summed E-state index contributed by atoms with van der Waals surface area (Å²) in [4.78, 5) is 26.4. The van der Waals surface area contributed by atoms with Crippen molar-refractivity contribution in [3.8, 4) is 5.75 Å². The Hall–Kier alpha value is -3.37. The molecule has 5 heteroatoms. The van der Waals surface area contributed by atoms with Gasteiger partial charge in [-0.25, -0.2) is 0 Å². The van der Waals surface area contributed by atoms with E-state index in [1.807, 2.05) is 30.3 Å². The van der Waals surface area contributed by atoms with E-state index in [0.29, 0.717) is 10.9 Å². The van der Waals surface area contributed by atoms with E-state index in [1.165, 1.54) is 4.57 Å². The van der Waals surface area contributed by atoms with Crippen molar-refractivity contribution in [2.75, 3.05) is 0 Å². The number of carbonyl (C=O) groups is 1. The molecule has 0 aliphatic rings. The second-order valence-corrected chi connectivity index (χ2v) is 6.83. The number of hydrogen-bond acceptors (Lipinski definition) is 3. The number of ketones is 1. The molecule has 0 radical (unpaired) electrons. The van der Waals surface area contributed by atoms with Crippen LogP contribution in [0.1, 0.15) is 21.5 Å². The van der Waals surface area contributed by atoms with Gasteiger partial charge in [-0.15, -0.1) is 0 Å². The molecule has 138 valence electrons. The summed E-state index contributed by atoms with van der Waals surface area (Å²) in [6.07, 6.45) is 0. The first-order chi connectivity index (χ1) is 13.6. The highest BCUT2D eigenvalue weighted by Crippen LogP contribution is 2.29. The summed E-state index contributed by atoms with van der Waals surface area (Å²) < 4.78 is 1.51. The summed E-state index contributed by atoms with van der Waals surface area (Å²) in [6.45, 7) is 0.281. The maximum absolute atomic E-state index is 13.3. The van der Waals surface area contributed by atoms with Crippen LogP contribution in [-0.2, 0) is 6.54 Å². The van der Waals surface area contributed by atoms with E-state index in [0.717, 1.165) is 5.56 Å². The van der Waals surface area contributed by atoms with Gasteiger partial charge in [0, 0.05) is 10.9 Å². The predicted octanol–water partition coefficient (Wildman–Crippen LogP) is 4.64. The lowest BCUT2D eigenvalue weighted by Gasteiger charge is -2.15. The van der Waals surface area contributed by atoms with Gasteiger partial charge in [0.25, 0.3) is 5.56 Å². The number of para-hydroxylation sites is 1. The van der Waals surface area contributed by atoms with Crippen molar-refractivity contribution < 1.29 is 9.90 Å². The molecule has 28 heavy (non-hydrogen) atoms. The minimum absolute atomic E-state index is 0.179. The number of halogens is 1. The zero-order chi connectivity index (χ0) is 19.7. The topological polar surface area (TPSA) is 59.3 Å². The summed E-state index contributed by atoms with van der Waals surface area (Å²) in [5, 5.41) is 11.4. The Labute approximate surface area is 166 Å². The third-order valence-corrected chi connectivity index (χ3v) is 5.00. The van der Waals surface area contributed by atoms with Crippen molar-refractivity contribution in [1.82, 2.24) is 4.57 Å². The quantitative estimate of drug-likeness (QED) is 0.517. The third kappa shape index (κ3) is 3.08. The van der Waals surface area contributed by atoms with Crippen molar-refractivity contribution in [3.05, 3.63) is 111 Å². The standard InChI is InChI=1S/C23H16ClNO3/c24-18-12-6-4-10-16(18)21(26)20-22(27)17-11-5-7-13-19(17)25(23(20)28)14-15-8-2-1-3-9-15/h1-13,27H,14H2. The fraction of sp³-hybridized carbons (Fsp3) is 0.0435. The first-order valence-electron chi connectivity index (χ1n) is 8.75. The molecule has 4 nitrogen and oxygen atoms in total. The number of aromatic hydroxyl groups is 1. The molecule has 4 rings (SSSR count). The lowest BCUT2D eigenvalue weighted by molar-refractivity contribution is 0.103. The van der Waals surface area contributed by atoms with Gasteiger partial charge >= 0.3 is 0 Å². The van der Waals surface area contributed by atoms with Crippen molar-refractivity contribution >= 4 is 28.3 Å². The van der Waals surface area contributed by atoms with Gasteiger partial charge in [0.2, 0.25) is 5.78 Å². The van der Waals surface area contributed by atoms with Crippen molar-refractivity contribution in [3.63, 3.8) is 0 Å². The summed E-state index contributed by atoms with van der Waals surface area (Å²) in [7, 11) is 0. The summed E-state index contributed by atoms with van der Waals surface area (Å²) in [6, 6.07) is 23.0. The average molecular weight is 390 g/mol. The Morgan fingerprint density at radius 2 is 1.54 bits per heavy atom. The number of aromatic nitrogens is 1. The maximum Gasteiger partial charge on any atom is 0.266 e. The summed E-state index contributed by atoms with van der Waals surface area (Å²) >= 11 is 6.15. The minimum atomic E-state index is -0.597. The summed E-state index contributed by atoms with van der Waals surface area (Å²) in [5.74, 6) is -0.921. The number of benzene rings is 3. The van der Waals surface area contributed by atoms with E-state index in [-0.39, 0.29) is 28.4 Å². The number of hydrogen-bond donors (Lipinski definition) is 1. The van der Waals surface area contributed by atoms with E-state index < -0.39 is 11.3 Å². The molecule has 0 aliphatic carbocycles. The highest BCUT2D eigenvalue weighted by Gasteiger charge is 2.24. The second-order valence-electron chi connectivity index (χ2n) is 6.43. The van der Waals surface area contributed by atoms with Gasteiger partial charge in [0.1, 0.15) is 11.3 Å². The average Bonchev–Trinajstić information content (AvgIpc) is 2.72. The van der Waals surface area contributed by atoms with Crippen molar-refractivity contribution in [2.45, 2.75) is 6.54 Å². The van der Waals surface area contributed by atoms with E-state index in [1.54, 1.807) is 48.5 Å². The number of pyridine rings is 1. The molecule has 0 amide bonds. The zero-order valence-corrected chi connectivity index (χ0v) is 15.6. The molecule has 0 bridgehead atoms. The van der Waals surface area contributed by atoms with Crippen LogP contribution in [0.3, 0.4) is 0 Å². The summed E-state index contributed by atoms with van der Waals surface area (Å²) in [5.41, 5.74) is 0.826. The van der Waals surface area contributed by atoms with E-state index in [9.17, 15) is 14.7 Å². The first-order valence-corrected chi connectivity index (χ1v) is 9.13. The monoisotopic (exact) mass is 389 g/mol. The van der Waals surface area contributed by atoms with Crippen LogP contribution in [0.5, 0.6) is 5.75 Å². The molecule has 3 aromatic carbocycles. The fourth-order valence-electron chi connectivity index (χ4n) is 3.30. The van der Waals surface area contributed by atoms with Crippen LogP contribution >= 0.6 is 11.6 Å². The highest BCUT2D eigenvalue weighted by molar-refractivity contribution is 6.35. The molecule has 0 saturated heterocycles. The van der Waals surface area contributed by atoms with Crippen LogP contribution in [0.2, 0.25) is 5.02 Å². The van der Waals surface area contributed by atoms with Crippen LogP contribution in [-0.4, -0.2) is 15.5 Å². The molecular weight excluding hydrogens is 374 g/mol. The Balaban J connectivity index is 1.99. The van der Waals surface area contributed by atoms with Gasteiger partial charge in [-0.3, -0.25) is 9.59 Å². The minimum Gasteiger partial charge on any atom is -0.506 e. The maximum atomic E-state index is 13.3. The highest BCUT2D eigenvalue weighted by atomic mass is 35.5. The van der Waals surface area contributed by atoms with Crippen LogP contribution in [0.4, 0.5) is 0 Å². The van der Waals surface area contributed by atoms with Gasteiger partial charge in [-0.2, -0.15) is 0 Å².